The third kappa shape index (κ3) is 3.42. The van der Waals surface area contributed by atoms with Crippen LogP contribution in [0.5, 0.6) is 0 Å². The van der Waals surface area contributed by atoms with E-state index in [-0.39, 0.29) is 17.9 Å². The highest BCUT2D eigenvalue weighted by Gasteiger charge is 2.25. The maximum Gasteiger partial charge on any atom is 0.256 e. The van der Waals surface area contributed by atoms with Crippen molar-refractivity contribution in [3.8, 4) is 0 Å². The summed E-state index contributed by atoms with van der Waals surface area (Å²) in [5, 5.41) is 3.36. The Hall–Kier alpha value is -1.75. The van der Waals surface area contributed by atoms with Crippen molar-refractivity contribution in [2.24, 2.45) is 0 Å². The van der Waals surface area contributed by atoms with Crippen molar-refractivity contribution in [1.29, 1.82) is 0 Å². The van der Waals surface area contributed by atoms with Gasteiger partial charge in [0.1, 0.15) is 0 Å². The molecule has 0 bridgehead atoms. The molecule has 1 aromatic rings. The summed E-state index contributed by atoms with van der Waals surface area (Å²) >= 11 is 5.84. The van der Waals surface area contributed by atoms with E-state index in [1.165, 1.54) is 6.92 Å². The number of nitrogens with zero attached hydrogens (tertiary/aromatic N) is 1. The monoisotopic (exact) mass is 295 g/mol. The number of carbonyl (C=O) groups is 2. The van der Waals surface area contributed by atoms with Crippen LogP contribution in [-0.4, -0.2) is 35.8 Å². The molecule has 5 nitrogen and oxygen atoms in total. The van der Waals surface area contributed by atoms with Crippen LogP contribution in [0.2, 0.25) is 5.02 Å². The van der Waals surface area contributed by atoms with Gasteiger partial charge in [-0.2, -0.15) is 0 Å². The van der Waals surface area contributed by atoms with E-state index in [9.17, 15) is 9.59 Å². The second-order valence-corrected chi connectivity index (χ2v) is 5.46. The Morgan fingerprint density at radius 1 is 1.45 bits per heavy atom. The molecule has 2 rings (SSSR count). The van der Waals surface area contributed by atoms with Gasteiger partial charge >= 0.3 is 0 Å². The molecule has 1 aliphatic heterocycles. The van der Waals surface area contributed by atoms with Crippen molar-refractivity contribution in [2.75, 3.05) is 18.8 Å². The zero-order valence-electron chi connectivity index (χ0n) is 11.4. The number of amides is 2. The molecule has 1 fully saturated rings. The van der Waals surface area contributed by atoms with Gasteiger partial charge in [0.2, 0.25) is 5.91 Å². The normalized spacial score (nSPS) is 18.7. The molecule has 1 heterocycles. The van der Waals surface area contributed by atoms with Crippen molar-refractivity contribution in [2.45, 2.75) is 25.8 Å². The molecule has 0 aliphatic carbocycles. The Morgan fingerprint density at radius 2 is 2.20 bits per heavy atom. The van der Waals surface area contributed by atoms with Crippen LogP contribution in [0, 0.1) is 0 Å². The van der Waals surface area contributed by atoms with Crippen LogP contribution >= 0.6 is 11.6 Å². The van der Waals surface area contributed by atoms with E-state index < -0.39 is 0 Å². The number of anilines is 1. The molecule has 1 aromatic carbocycles. The number of halogens is 1. The van der Waals surface area contributed by atoms with Gasteiger partial charge in [-0.05, 0) is 31.0 Å². The summed E-state index contributed by atoms with van der Waals surface area (Å²) in [5.41, 5.74) is 6.68. The van der Waals surface area contributed by atoms with Crippen LogP contribution in [0.1, 0.15) is 30.1 Å². The molecule has 1 aliphatic rings. The first kappa shape index (κ1) is 14.7. The Kier molecular flexibility index (Phi) is 4.49. The molecule has 0 saturated carbocycles. The van der Waals surface area contributed by atoms with E-state index >= 15 is 0 Å². The van der Waals surface area contributed by atoms with E-state index in [1.54, 1.807) is 23.1 Å². The average molecular weight is 296 g/mol. The standard InChI is InChI=1S/C14H18ClN3O2/c1-9(19)17-11-3-2-6-18(8-11)14(20)12-5-4-10(15)7-13(12)16/h4-5,7,11H,2-3,6,8,16H2,1H3,(H,17,19). The first-order valence-corrected chi connectivity index (χ1v) is 6.96. The van der Waals surface area contributed by atoms with Crippen molar-refractivity contribution < 1.29 is 9.59 Å². The van der Waals surface area contributed by atoms with Gasteiger partial charge in [0.25, 0.3) is 5.91 Å². The summed E-state index contributed by atoms with van der Waals surface area (Å²) in [5.74, 6) is -0.190. The molecule has 1 atom stereocenters. The Balaban J connectivity index is 2.10. The molecular weight excluding hydrogens is 278 g/mol. The summed E-state index contributed by atoms with van der Waals surface area (Å²) in [6.07, 6.45) is 1.75. The fourth-order valence-electron chi connectivity index (χ4n) is 2.47. The number of carbonyl (C=O) groups excluding carboxylic acids is 2. The number of nitrogens with one attached hydrogen (secondary N) is 1. The number of nitrogen functional groups attached to an aromatic ring is 1. The lowest BCUT2D eigenvalue weighted by molar-refractivity contribution is -0.120. The van der Waals surface area contributed by atoms with Gasteiger partial charge in [0.05, 0.1) is 5.56 Å². The van der Waals surface area contributed by atoms with E-state index in [0.717, 1.165) is 12.8 Å². The highest BCUT2D eigenvalue weighted by Crippen LogP contribution is 2.21. The predicted octanol–water partition coefficient (Wildman–Crippen LogP) is 1.66. The minimum absolute atomic E-state index is 0.0127. The first-order chi connectivity index (χ1) is 9.47. The third-order valence-electron chi connectivity index (χ3n) is 3.36. The van der Waals surface area contributed by atoms with Crippen LogP contribution in [-0.2, 0) is 4.79 Å². The fourth-order valence-corrected chi connectivity index (χ4v) is 2.65. The summed E-state index contributed by atoms with van der Waals surface area (Å²) in [7, 11) is 0. The van der Waals surface area contributed by atoms with Crippen LogP contribution in [0.3, 0.4) is 0 Å². The molecular formula is C14H18ClN3O2. The number of likely N-dealkylation sites (tertiary alicyclic amines) is 1. The molecule has 0 spiro atoms. The minimum atomic E-state index is -0.116. The highest BCUT2D eigenvalue weighted by atomic mass is 35.5. The van der Waals surface area contributed by atoms with Gasteiger partial charge in [-0.1, -0.05) is 11.6 Å². The maximum absolute atomic E-state index is 12.5. The smallest absolute Gasteiger partial charge is 0.256 e. The minimum Gasteiger partial charge on any atom is -0.398 e. The van der Waals surface area contributed by atoms with Gasteiger partial charge in [0.15, 0.2) is 0 Å². The molecule has 0 radical (unpaired) electrons. The number of rotatable bonds is 2. The molecule has 6 heteroatoms. The largest absolute Gasteiger partial charge is 0.398 e. The molecule has 108 valence electrons. The number of hydrogen-bond donors (Lipinski definition) is 2. The third-order valence-corrected chi connectivity index (χ3v) is 3.60. The van der Waals surface area contributed by atoms with Crippen LogP contribution < -0.4 is 11.1 Å². The molecule has 2 amide bonds. The number of nitrogens with two attached hydrogens (primary N) is 1. The van der Waals surface area contributed by atoms with Crippen LogP contribution in [0.25, 0.3) is 0 Å². The molecule has 0 aromatic heterocycles. The van der Waals surface area contributed by atoms with Crippen molar-refractivity contribution in [3.05, 3.63) is 28.8 Å². The lowest BCUT2D eigenvalue weighted by atomic mass is 10.0. The molecule has 1 unspecified atom stereocenters. The second-order valence-electron chi connectivity index (χ2n) is 5.02. The molecule has 20 heavy (non-hydrogen) atoms. The Morgan fingerprint density at radius 3 is 2.85 bits per heavy atom. The molecule has 1 saturated heterocycles. The lowest BCUT2D eigenvalue weighted by Gasteiger charge is -2.33. The van der Waals surface area contributed by atoms with Gasteiger partial charge in [-0.25, -0.2) is 0 Å². The SMILES string of the molecule is CC(=O)NC1CCCN(C(=O)c2ccc(Cl)cc2N)C1. The van der Waals surface area contributed by atoms with Gasteiger partial charge in [-0.3, -0.25) is 9.59 Å². The van der Waals surface area contributed by atoms with E-state index in [0.29, 0.717) is 29.4 Å². The van der Waals surface area contributed by atoms with E-state index in [4.69, 9.17) is 17.3 Å². The van der Waals surface area contributed by atoms with Gasteiger partial charge in [0, 0.05) is 36.8 Å². The summed E-state index contributed by atoms with van der Waals surface area (Å²) in [4.78, 5) is 25.3. The summed E-state index contributed by atoms with van der Waals surface area (Å²) < 4.78 is 0. The Labute approximate surface area is 123 Å². The summed E-state index contributed by atoms with van der Waals surface area (Å²) in [6, 6.07) is 4.88. The zero-order valence-corrected chi connectivity index (χ0v) is 12.1. The first-order valence-electron chi connectivity index (χ1n) is 6.59. The van der Waals surface area contributed by atoms with Gasteiger partial charge in [-0.15, -0.1) is 0 Å². The number of piperidine rings is 1. The van der Waals surface area contributed by atoms with E-state index in [1.807, 2.05) is 0 Å². The molecule has 3 N–H and O–H groups in total. The van der Waals surface area contributed by atoms with Crippen molar-refractivity contribution in [3.63, 3.8) is 0 Å². The number of benzene rings is 1. The fraction of sp³-hybridized carbons (Fsp3) is 0.429. The predicted molar refractivity (Wildman–Crippen MR) is 78.6 cm³/mol. The Bertz CT molecular complexity index is 533. The zero-order chi connectivity index (χ0) is 14.7. The summed E-state index contributed by atoms with van der Waals surface area (Å²) in [6.45, 7) is 2.68. The average Bonchev–Trinajstić information content (AvgIpc) is 2.37. The van der Waals surface area contributed by atoms with Crippen LogP contribution in [0.15, 0.2) is 18.2 Å². The highest BCUT2D eigenvalue weighted by molar-refractivity contribution is 6.31. The van der Waals surface area contributed by atoms with Crippen molar-refractivity contribution in [1.82, 2.24) is 10.2 Å². The van der Waals surface area contributed by atoms with E-state index in [2.05, 4.69) is 5.32 Å². The quantitative estimate of drug-likeness (QED) is 0.815. The topological polar surface area (TPSA) is 75.4 Å². The van der Waals surface area contributed by atoms with Crippen molar-refractivity contribution >= 4 is 29.1 Å². The number of hydrogen-bond acceptors (Lipinski definition) is 3. The lowest BCUT2D eigenvalue weighted by Crippen LogP contribution is -2.49. The second kappa shape index (κ2) is 6.13. The van der Waals surface area contributed by atoms with Gasteiger partial charge < -0.3 is 16.0 Å². The maximum atomic E-state index is 12.5. The van der Waals surface area contributed by atoms with Crippen LogP contribution in [0.4, 0.5) is 5.69 Å².